The monoisotopic (exact) mass is 218 g/mol. The summed E-state index contributed by atoms with van der Waals surface area (Å²) >= 11 is 0. The minimum Gasteiger partial charge on any atom is -0.387 e. The van der Waals surface area contributed by atoms with E-state index in [2.05, 4.69) is 0 Å². The Kier molecular flexibility index (Phi) is 4.46. The van der Waals surface area contributed by atoms with Gasteiger partial charge >= 0.3 is 6.18 Å². The fourth-order valence-corrected chi connectivity index (χ4v) is 0.663. The van der Waals surface area contributed by atoms with Crippen LogP contribution in [0.3, 0.4) is 0 Å². The largest absolute Gasteiger partial charge is 0.417 e. The third-order valence-electron chi connectivity index (χ3n) is 1.50. The van der Waals surface area contributed by atoms with Crippen molar-refractivity contribution in [1.82, 2.24) is 0 Å². The molecule has 0 aliphatic heterocycles. The van der Waals surface area contributed by atoms with E-state index in [1.165, 1.54) is 0 Å². The quantitative estimate of drug-likeness (QED) is 0.417. The molecule has 0 unspecified atom stereocenters. The van der Waals surface area contributed by atoms with Crippen molar-refractivity contribution >= 4 is 6.29 Å². The molecular formula is C6H9F3O5. The zero-order valence-electron chi connectivity index (χ0n) is 6.72. The number of aliphatic hydroxyl groups is 4. The van der Waals surface area contributed by atoms with Gasteiger partial charge in [0.1, 0.15) is 18.3 Å². The van der Waals surface area contributed by atoms with Gasteiger partial charge in [-0.25, -0.2) is 0 Å². The maximum atomic E-state index is 11.7. The Bertz CT molecular complexity index is 194. The van der Waals surface area contributed by atoms with Crippen molar-refractivity contribution in [3.8, 4) is 0 Å². The van der Waals surface area contributed by atoms with E-state index in [0.29, 0.717) is 0 Å². The highest BCUT2D eigenvalue weighted by Crippen LogP contribution is 2.24. The molecule has 0 saturated heterocycles. The molecule has 0 amide bonds. The van der Waals surface area contributed by atoms with Crippen LogP contribution in [0, 0.1) is 0 Å². The fraction of sp³-hybridized carbons (Fsp3) is 0.833. The van der Waals surface area contributed by atoms with Crippen LogP contribution in [0.2, 0.25) is 0 Å². The van der Waals surface area contributed by atoms with E-state index in [1.807, 2.05) is 0 Å². The zero-order valence-corrected chi connectivity index (χ0v) is 6.72. The lowest BCUT2D eigenvalue weighted by molar-refractivity contribution is -0.246. The van der Waals surface area contributed by atoms with Crippen LogP contribution in [-0.2, 0) is 4.79 Å². The van der Waals surface area contributed by atoms with Crippen LogP contribution in [0.25, 0.3) is 0 Å². The summed E-state index contributed by atoms with van der Waals surface area (Å²) in [5.41, 5.74) is 0. The standard InChI is InChI=1S/C6H9F3O5/c7-6(8,9)5(14)4(13)3(12)2(11)1-10/h1-5,11-14H/t2-,3+,4+,5+/m1/s1. The Balaban J connectivity index is 4.46. The number of halogens is 3. The van der Waals surface area contributed by atoms with Gasteiger partial charge in [-0.3, -0.25) is 0 Å². The van der Waals surface area contributed by atoms with E-state index in [4.69, 9.17) is 20.4 Å². The molecule has 0 aliphatic carbocycles. The van der Waals surface area contributed by atoms with Gasteiger partial charge in [-0.2, -0.15) is 13.2 Å². The normalized spacial score (nSPS) is 21.1. The molecule has 0 aromatic carbocycles. The molecule has 4 N–H and O–H groups in total. The van der Waals surface area contributed by atoms with Crippen molar-refractivity contribution in [2.45, 2.75) is 30.6 Å². The van der Waals surface area contributed by atoms with Gasteiger partial charge in [0, 0.05) is 0 Å². The predicted molar refractivity (Wildman–Crippen MR) is 36.1 cm³/mol. The van der Waals surface area contributed by atoms with Gasteiger partial charge in [0.2, 0.25) is 0 Å². The van der Waals surface area contributed by atoms with Gasteiger partial charge in [-0.1, -0.05) is 0 Å². The number of carbonyl (C=O) groups excluding carboxylic acids is 1. The van der Waals surface area contributed by atoms with E-state index < -0.39 is 30.6 Å². The highest BCUT2D eigenvalue weighted by molar-refractivity contribution is 5.56. The first kappa shape index (κ1) is 13.3. The Morgan fingerprint density at radius 3 is 1.71 bits per heavy atom. The lowest BCUT2D eigenvalue weighted by atomic mass is 10.0. The van der Waals surface area contributed by atoms with Crippen LogP contribution >= 0.6 is 0 Å². The number of aldehydes is 1. The van der Waals surface area contributed by atoms with Crippen molar-refractivity contribution in [1.29, 1.82) is 0 Å². The second-order valence-corrected chi connectivity index (χ2v) is 2.59. The summed E-state index contributed by atoms with van der Waals surface area (Å²) < 4.78 is 35.2. The summed E-state index contributed by atoms with van der Waals surface area (Å²) in [6.45, 7) is 0. The molecule has 14 heavy (non-hydrogen) atoms. The molecule has 4 atom stereocenters. The fourth-order valence-electron chi connectivity index (χ4n) is 0.663. The van der Waals surface area contributed by atoms with Crippen LogP contribution in [0.1, 0.15) is 0 Å². The Morgan fingerprint density at radius 2 is 1.43 bits per heavy atom. The van der Waals surface area contributed by atoms with Crippen LogP contribution in [0.4, 0.5) is 13.2 Å². The minimum atomic E-state index is -5.14. The Morgan fingerprint density at radius 1 is 1.00 bits per heavy atom. The number of aliphatic hydroxyl groups excluding tert-OH is 4. The molecule has 5 nitrogen and oxygen atoms in total. The van der Waals surface area contributed by atoms with Crippen molar-refractivity contribution in [3.63, 3.8) is 0 Å². The van der Waals surface area contributed by atoms with E-state index in [9.17, 15) is 18.0 Å². The molecule has 0 saturated carbocycles. The van der Waals surface area contributed by atoms with Gasteiger partial charge in [0.15, 0.2) is 12.4 Å². The molecule has 0 fully saturated rings. The van der Waals surface area contributed by atoms with E-state index >= 15 is 0 Å². The lowest BCUT2D eigenvalue weighted by Crippen LogP contribution is -2.50. The highest BCUT2D eigenvalue weighted by atomic mass is 19.4. The van der Waals surface area contributed by atoms with Crippen LogP contribution in [0.5, 0.6) is 0 Å². The van der Waals surface area contributed by atoms with Gasteiger partial charge < -0.3 is 25.2 Å². The Hall–Kier alpha value is -0.700. The van der Waals surface area contributed by atoms with Gasteiger partial charge in [0.25, 0.3) is 0 Å². The minimum absolute atomic E-state index is 0.253. The third kappa shape index (κ3) is 3.22. The molecule has 0 rings (SSSR count). The molecule has 0 spiro atoms. The van der Waals surface area contributed by atoms with E-state index in [-0.39, 0.29) is 6.29 Å². The SMILES string of the molecule is O=C[C@@H](O)[C@H](O)[C@H](O)[C@H](O)C(F)(F)F. The molecule has 84 valence electrons. The molecule has 0 radical (unpaired) electrons. The first-order valence-corrected chi connectivity index (χ1v) is 3.46. The maximum absolute atomic E-state index is 11.7. The summed E-state index contributed by atoms with van der Waals surface area (Å²) in [4.78, 5) is 9.84. The van der Waals surface area contributed by atoms with Gasteiger partial charge in [-0.05, 0) is 0 Å². The number of hydrogen-bond donors (Lipinski definition) is 4. The third-order valence-corrected chi connectivity index (χ3v) is 1.50. The summed E-state index contributed by atoms with van der Waals surface area (Å²) in [6.07, 6.45) is -15.8. The van der Waals surface area contributed by atoms with Crippen molar-refractivity contribution in [2.75, 3.05) is 0 Å². The number of alkyl halides is 3. The molecule has 0 heterocycles. The molecule has 0 aromatic heterocycles. The summed E-state index contributed by atoms with van der Waals surface area (Å²) in [7, 11) is 0. The number of carbonyl (C=O) groups is 1. The molecule has 0 bridgehead atoms. The molecule has 8 heteroatoms. The van der Waals surface area contributed by atoms with Crippen molar-refractivity contribution in [3.05, 3.63) is 0 Å². The first-order chi connectivity index (χ1) is 6.21. The van der Waals surface area contributed by atoms with E-state index in [0.717, 1.165) is 0 Å². The van der Waals surface area contributed by atoms with Crippen LogP contribution < -0.4 is 0 Å². The van der Waals surface area contributed by atoms with Crippen molar-refractivity contribution < 1.29 is 38.4 Å². The maximum Gasteiger partial charge on any atom is 0.417 e. The topological polar surface area (TPSA) is 98.0 Å². The summed E-state index contributed by atoms with van der Waals surface area (Å²) in [5, 5.41) is 34.4. The first-order valence-electron chi connectivity index (χ1n) is 3.46. The summed E-state index contributed by atoms with van der Waals surface area (Å²) in [5.74, 6) is 0. The Labute approximate surface area is 76.4 Å². The zero-order chi connectivity index (χ0) is 11.5. The average molecular weight is 218 g/mol. The van der Waals surface area contributed by atoms with Gasteiger partial charge in [-0.15, -0.1) is 0 Å². The highest BCUT2D eigenvalue weighted by Gasteiger charge is 2.46. The number of hydrogen-bond acceptors (Lipinski definition) is 5. The average Bonchev–Trinajstić information content (AvgIpc) is 2.11. The smallest absolute Gasteiger partial charge is 0.387 e. The second kappa shape index (κ2) is 4.69. The summed E-state index contributed by atoms with van der Waals surface area (Å²) in [6, 6.07) is 0. The number of rotatable bonds is 4. The molecule has 0 aliphatic rings. The van der Waals surface area contributed by atoms with Crippen LogP contribution in [-0.4, -0.2) is 57.3 Å². The second-order valence-electron chi connectivity index (χ2n) is 2.59. The van der Waals surface area contributed by atoms with Crippen LogP contribution in [0.15, 0.2) is 0 Å². The lowest BCUT2D eigenvalue weighted by Gasteiger charge is -2.25. The van der Waals surface area contributed by atoms with Crippen molar-refractivity contribution in [2.24, 2.45) is 0 Å². The van der Waals surface area contributed by atoms with E-state index in [1.54, 1.807) is 0 Å². The molecular weight excluding hydrogens is 209 g/mol. The molecule has 0 aromatic rings. The predicted octanol–water partition coefficient (Wildman–Crippen LogP) is -1.81. The van der Waals surface area contributed by atoms with Gasteiger partial charge in [0.05, 0.1) is 0 Å².